The van der Waals surface area contributed by atoms with Gasteiger partial charge >= 0.3 is 0 Å². The molecule has 25 heavy (non-hydrogen) atoms. The molecule has 1 aliphatic heterocycles. The second-order valence-corrected chi connectivity index (χ2v) is 6.74. The molecular formula is C19H23N5O. The highest BCUT2D eigenvalue weighted by atomic mass is 16.3. The number of fused-ring (bicyclic) bond motifs is 1. The van der Waals surface area contributed by atoms with Crippen LogP contribution in [-0.4, -0.2) is 55.3 Å². The molecule has 2 aromatic heterocycles. The third-order valence-corrected chi connectivity index (χ3v) is 5.02. The second-order valence-electron chi connectivity index (χ2n) is 6.74. The standard InChI is InChI=1S/C19H23N5O/c25-18-13-23(10-8-17(18)16-6-2-1-3-7-16)9-4-5-15-11-20-19-21-14-22-24(19)12-15/h1-3,6-7,11-12,14,17-18,25H,4-5,8-10,13H2/t17-,18+/m0/s1. The molecule has 0 aliphatic carbocycles. The molecule has 6 heteroatoms. The number of piperidine rings is 1. The van der Waals surface area contributed by atoms with Crippen molar-refractivity contribution in [2.75, 3.05) is 19.6 Å². The Hall–Kier alpha value is -2.31. The van der Waals surface area contributed by atoms with Gasteiger partial charge in [0, 0.05) is 24.9 Å². The summed E-state index contributed by atoms with van der Waals surface area (Å²) in [6, 6.07) is 10.4. The summed E-state index contributed by atoms with van der Waals surface area (Å²) in [4.78, 5) is 10.7. The average Bonchev–Trinajstić information content (AvgIpc) is 3.10. The highest BCUT2D eigenvalue weighted by molar-refractivity contribution is 5.25. The van der Waals surface area contributed by atoms with E-state index < -0.39 is 0 Å². The molecule has 0 radical (unpaired) electrons. The summed E-state index contributed by atoms with van der Waals surface area (Å²) >= 11 is 0. The summed E-state index contributed by atoms with van der Waals surface area (Å²) in [7, 11) is 0. The minimum absolute atomic E-state index is 0.261. The molecule has 3 heterocycles. The quantitative estimate of drug-likeness (QED) is 0.770. The molecule has 2 atom stereocenters. The van der Waals surface area contributed by atoms with Gasteiger partial charge in [-0.25, -0.2) is 9.50 Å². The predicted molar refractivity (Wildman–Crippen MR) is 95.3 cm³/mol. The topological polar surface area (TPSA) is 66.5 Å². The van der Waals surface area contributed by atoms with Gasteiger partial charge in [-0.1, -0.05) is 30.3 Å². The zero-order chi connectivity index (χ0) is 17.1. The predicted octanol–water partition coefficient (Wildman–Crippen LogP) is 1.91. The maximum absolute atomic E-state index is 10.5. The van der Waals surface area contributed by atoms with E-state index in [-0.39, 0.29) is 12.0 Å². The fraction of sp³-hybridized carbons (Fsp3) is 0.421. The van der Waals surface area contributed by atoms with E-state index in [0.29, 0.717) is 5.78 Å². The van der Waals surface area contributed by atoms with Crippen LogP contribution in [-0.2, 0) is 6.42 Å². The monoisotopic (exact) mass is 337 g/mol. The Morgan fingerprint density at radius 3 is 2.88 bits per heavy atom. The first-order valence-corrected chi connectivity index (χ1v) is 8.89. The molecule has 0 unspecified atom stereocenters. The third-order valence-electron chi connectivity index (χ3n) is 5.02. The third kappa shape index (κ3) is 3.70. The lowest BCUT2D eigenvalue weighted by Crippen LogP contribution is -2.43. The maximum Gasteiger partial charge on any atom is 0.252 e. The minimum atomic E-state index is -0.288. The number of rotatable bonds is 5. The fourth-order valence-electron chi connectivity index (χ4n) is 3.68. The highest BCUT2D eigenvalue weighted by Crippen LogP contribution is 2.28. The van der Waals surface area contributed by atoms with E-state index >= 15 is 0 Å². The van der Waals surface area contributed by atoms with Crippen molar-refractivity contribution in [3.05, 3.63) is 60.2 Å². The van der Waals surface area contributed by atoms with Crippen LogP contribution in [0, 0.1) is 0 Å². The van der Waals surface area contributed by atoms with E-state index in [1.807, 2.05) is 18.5 Å². The second kappa shape index (κ2) is 7.29. The molecule has 0 saturated carbocycles. The van der Waals surface area contributed by atoms with Gasteiger partial charge < -0.3 is 10.0 Å². The first kappa shape index (κ1) is 16.2. The van der Waals surface area contributed by atoms with Crippen molar-refractivity contribution in [2.45, 2.75) is 31.3 Å². The smallest absolute Gasteiger partial charge is 0.252 e. The van der Waals surface area contributed by atoms with E-state index in [4.69, 9.17) is 0 Å². The van der Waals surface area contributed by atoms with E-state index in [9.17, 15) is 5.11 Å². The molecule has 6 nitrogen and oxygen atoms in total. The Morgan fingerprint density at radius 1 is 1.16 bits per heavy atom. The molecule has 1 N–H and O–H groups in total. The van der Waals surface area contributed by atoms with Crippen LogP contribution < -0.4 is 0 Å². The fourth-order valence-corrected chi connectivity index (χ4v) is 3.68. The van der Waals surface area contributed by atoms with E-state index in [0.717, 1.165) is 44.5 Å². The van der Waals surface area contributed by atoms with Crippen molar-refractivity contribution < 1.29 is 5.11 Å². The Labute approximate surface area is 147 Å². The van der Waals surface area contributed by atoms with Gasteiger partial charge in [0.05, 0.1) is 6.10 Å². The van der Waals surface area contributed by atoms with Crippen molar-refractivity contribution in [1.29, 1.82) is 0 Å². The molecule has 1 aromatic carbocycles. The van der Waals surface area contributed by atoms with Gasteiger partial charge in [0.1, 0.15) is 6.33 Å². The Bertz CT molecular complexity index is 819. The van der Waals surface area contributed by atoms with Gasteiger partial charge in [-0.15, -0.1) is 0 Å². The molecule has 3 aromatic rings. The van der Waals surface area contributed by atoms with Crippen LogP contribution in [0.15, 0.2) is 49.1 Å². The van der Waals surface area contributed by atoms with Crippen LogP contribution in [0.4, 0.5) is 0 Å². The minimum Gasteiger partial charge on any atom is -0.391 e. The van der Waals surface area contributed by atoms with E-state index in [2.05, 4.69) is 44.2 Å². The molecule has 0 spiro atoms. The zero-order valence-corrected chi connectivity index (χ0v) is 14.2. The Morgan fingerprint density at radius 2 is 2.04 bits per heavy atom. The average molecular weight is 337 g/mol. The van der Waals surface area contributed by atoms with E-state index in [1.54, 1.807) is 4.52 Å². The Balaban J connectivity index is 1.28. The summed E-state index contributed by atoms with van der Waals surface area (Å²) in [5.41, 5.74) is 2.42. The van der Waals surface area contributed by atoms with Gasteiger partial charge in [0.2, 0.25) is 0 Å². The molecule has 1 fully saturated rings. The summed E-state index contributed by atoms with van der Waals surface area (Å²) in [5.74, 6) is 0.895. The van der Waals surface area contributed by atoms with Gasteiger partial charge in [-0.3, -0.25) is 0 Å². The molecule has 1 aliphatic rings. The first-order chi connectivity index (χ1) is 12.3. The van der Waals surface area contributed by atoms with Crippen LogP contribution in [0.2, 0.25) is 0 Å². The molecular weight excluding hydrogens is 314 g/mol. The number of benzene rings is 1. The number of likely N-dealkylation sites (tertiary alicyclic amines) is 1. The number of hydrogen-bond donors (Lipinski definition) is 1. The van der Waals surface area contributed by atoms with Crippen molar-refractivity contribution in [1.82, 2.24) is 24.5 Å². The van der Waals surface area contributed by atoms with Crippen molar-refractivity contribution in [3.63, 3.8) is 0 Å². The van der Waals surface area contributed by atoms with Crippen LogP contribution in [0.1, 0.15) is 29.9 Å². The maximum atomic E-state index is 10.5. The van der Waals surface area contributed by atoms with Crippen LogP contribution in [0.3, 0.4) is 0 Å². The highest BCUT2D eigenvalue weighted by Gasteiger charge is 2.28. The zero-order valence-electron chi connectivity index (χ0n) is 14.2. The van der Waals surface area contributed by atoms with Crippen LogP contribution in [0.25, 0.3) is 5.78 Å². The number of β-amino-alcohol motifs (C(OH)–C–C–N with tert-alkyl or cyclic N) is 1. The number of aromatic nitrogens is 4. The molecule has 0 bridgehead atoms. The summed E-state index contributed by atoms with van der Waals surface area (Å²) in [5, 5.41) is 14.7. The first-order valence-electron chi connectivity index (χ1n) is 8.89. The van der Waals surface area contributed by atoms with Crippen molar-refractivity contribution >= 4 is 5.78 Å². The van der Waals surface area contributed by atoms with Crippen LogP contribution >= 0.6 is 0 Å². The van der Waals surface area contributed by atoms with Crippen molar-refractivity contribution in [2.24, 2.45) is 0 Å². The number of hydrogen-bond acceptors (Lipinski definition) is 5. The van der Waals surface area contributed by atoms with Gasteiger partial charge in [-0.2, -0.15) is 10.1 Å². The number of aliphatic hydroxyl groups excluding tert-OH is 1. The summed E-state index contributed by atoms with van der Waals surface area (Å²) in [6.07, 6.45) is 8.11. The largest absolute Gasteiger partial charge is 0.391 e. The lowest BCUT2D eigenvalue weighted by Gasteiger charge is -2.36. The lowest BCUT2D eigenvalue weighted by molar-refractivity contribution is 0.0509. The van der Waals surface area contributed by atoms with Crippen molar-refractivity contribution in [3.8, 4) is 0 Å². The summed E-state index contributed by atoms with van der Waals surface area (Å²) in [6.45, 7) is 2.78. The summed E-state index contributed by atoms with van der Waals surface area (Å²) < 4.78 is 1.71. The van der Waals surface area contributed by atoms with E-state index in [1.165, 1.54) is 11.9 Å². The number of aryl methyl sites for hydroxylation is 1. The number of aliphatic hydroxyl groups is 1. The van der Waals surface area contributed by atoms with Gasteiger partial charge in [0.15, 0.2) is 0 Å². The molecule has 0 amide bonds. The van der Waals surface area contributed by atoms with Gasteiger partial charge in [-0.05, 0) is 43.5 Å². The lowest BCUT2D eigenvalue weighted by atomic mass is 9.87. The molecule has 1 saturated heterocycles. The SMILES string of the molecule is O[C@@H]1CN(CCCc2cnc3ncnn3c2)CC[C@H]1c1ccccc1. The van der Waals surface area contributed by atoms with Crippen LogP contribution in [0.5, 0.6) is 0 Å². The number of nitrogens with zero attached hydrogens (tertiary/aromatic N) is 5. The molecule has 4 rings (SSSR count). The Kier molecular flexibility index (Phi) is 4.72. The normalized spacial score (nSPS) is 21.6. The molecule has 130 valence electrons. The van der Waals surface area contributed by atoms with Gasteiger partial charge in [0.25, 0.3) is 5.78 Å².